The maximum atomic E-state index is 4.43. The summed E-state index contributed by atoms with van der Waals surface area (Å²) in [5.74, 6) is 0.681. The van der Waals surface area contributed by atoms with Crippen LogP contribution in [-0.4, -0.2) is 0 Å². The molecule has 0 bridgehead atoms. The SMILES string of the molecule is C=C(/C=C\C=C/C)c1cc(-c2cc(C3=C(C)CCC=C3)c(C)cc2C)ccc1C1CCC1.CCCc1ccc(-c2ccccc2)cc1.Cc1ccccc1. The van der Waals surface area contributed by atoms with Crippen molar-refractivity contribution in [2.24, 2.45) is 0 Å². The molecule has 0 spiro atoms. The number of hydrogen-bond acceptors (Lipinski definition) is 0. The van der Waals surface area contributed by atoms with Gasteiger partial charge in [-0.2, -0.15) is 0 Å². The highest BCUT2D eigenvalue weighted by atomic mass is 14.3. The average Bonchev–Trinajstić information content (AvgIpc) is 3.17. The Bertz CT molecular complexity index is 2080. The van der Waals surface area contributed by atoms with Crippen LogP contribution in [0.5, 0.6) is 0 Å². The summed E-state index contributed by atoms with van der Waals surface area (Å²) in [6.07, 6.45) is 21.6. The van der Waals surface area contributed by atoms with Crippen LogP contribution in [0.3, 0.4) is 0 Å². The standard InChI is InChI=1S/C32H36.C15H16.C7H8/c1-6-7-8-12-23(3)31-20-27(17-18-29(31)26-14-11-15-26)30-21-32(25(5)19-24(30)4)28-16-10-9-13-22(28)2;1-2-6-13-9-11-15(12-10-13)14-7-4-3-5-8-14;1-7-5-3-2-4-6-7/h6-8,10,12,16-21,26H,3,9,11,13-15H2,1-2,4-5H3;3-5,7-12H,2,6H2,1H3;2-6H,1H3/b7-6-,12-8-;;. The van der Waals surface area contributed by atoms with Gasteiger partial charge in [0.2, 0.25) is 0 Å². The van der Waals surface area contributed by atoms with Crippen molar-refractivity contribution in [3.8, 4) is 22.3 Å². The van der Waals surface area contributed by atoms with Gasteiger partial charge in [-0.1, -0.05) is 177 Å². The number of hydrogen-bond donors (Lipinski definition) is 0. The fourth-order valence-electron chi connectivity index (χ4n) is 7.32. The summed E-state index contributed by atoms with van der Waals surface area (Å²) >= 11 is 0. The fraction of sp³-hybridized carbons (Fsp3) is 0.259. The topological polar surface area (TPSA) is 0 Å². The molecule has 2 aliphatic carbocycles. The molecule has 0 radical (unpaired) electrons. The normalized spacial score (nSPS) is 14.0. The maximum absolute atomic E-state index is 4.43. The molecule has 0 aliphatic heterocycles. The zero-order valence-corrected chi connectivity index (χ0v) is 33.7. The summed E-state index contributed by atoms with van der Waals surface area (Å²) in [6, 6.07) is 41.5. The Morgan fingerprint density at radius 1 is 0.704 bits per heavy atom. The largest absolute Gasteiger partial charge is 0.0911 e. The maximum Gasteiger partial charge on any atom is -0.0148 e. The highest BCUT2D eigenvalue weighted by Crippen LogP contribution is 2.42. The second-order valence-electron chi connectivity index (χ2n) is 14.9. The van der Waals surface area contributed by atoms with Gasteiger partial charge < -0.3 is 0 Å². The summed E-state index contributed by atoms with van der Waals surface area (Å²) in [7, 11) is 0. The first kappa shape index (κ1) is 40.0. The minimum Gasteiger partial charge on any atom is -0.0911 e. The summed E-state index contributed by atoms with van der Waals surface area (Å²) in [5, 5.41) is 0. The molecule has 2 aliphatic rings. The van der Waals surface area contributed by atoms with Crippen molar-refractivity contribution in [2.75, 3.05) is 0 Å². The third-order valence-electron chi connectivity index (χ3n) is 10.7. The quantitative estimate of drug-likeness (QED) is 0.134. The van der Waals surface area contributed by atoms with Gasteiger partial charge in [-0.3, -0.25) is 0 Å². The summed E-state index contributed by atoms with van der Waals surface area (Å²) in [5.41, 5.74) is 18.8. The fourth-order valence-corrected chi connectivity index (χ4v) is 7.32. The van der Waals surface area contributed by atoms with Crippen molar-refractivity contribution in [1.82, 2.24) is 0 Å². The van der Waals surface area contributed by atoms with Gasteiger partial charge in [-0.05, 0) is 152 Å². The molecule has 0 nitrogen and oxygen atoms in total. The summed E-state index contributed by atoms with van der Waals surface area (Å²) in [6.45, 7) is 17.5. The first-order chi connectivity index (χ1) is 26.3. The molecule has 0 atom stereocenters. The van der Waals surface area contributed by atoms with E-state index in [1.54, 1.807) is 0 Å². The number of rotatable bonds is 9. The zero-order valence-electron chi connectivity index (χ0n) is 33.7. The Morgan fingerprint density at radius 3 is 1.94 bits per heavy atom. The van der Waals surface area contributed by atoms with Crippen LogP contribution in [0.4, 0.5) is 0 Å². The predicted octanol–water partition coefficient (Wildman–Crippen LogP) is 15.8. The van der Waals surface area contributed by atoms with Crippen LogP contribution in [0.1, 0.15) is 104 Å². The Kier molecular flexibility index (Phi) is 15.0. The van der Waals surface area contributed by atoms with E-state index in [0.29, 0.717) is 5.92 Å². The first-order valence-corrected chi connectivity index (χ1v) is 20.1. The summed E-state index contributed by atoms with van der Waals surface area (Å²) in [4.78, 5) is 0. The summed E-state index contributed by atoms with van der Waals surface area (Å²) < 4.78 is 0. The Balaban J connectivity index is 0.000000208. The lowest BCUT2D eigenvalue weighted by Crippen LogP contribution is -2.11. The molecule has 0 heteroatoms. The van der Waals surface area contributed by atoms with E-state index in [9.17, 15) is 0 Å². The van der Waals surface area contributed by atoms with Crippen LogP contribution in [0.2, 0.25) is 0 Å². The Labute approximate surface area is 327 Å². The molecule has 0 amide bonds. The average molecular weight is 709 g/mol. The van der Waals surface area contributed by atoms with Crippen LogP contribution in [0.15, 0.2) is 164 Å². The van der Waals surface area contributed by atoms with Crippen LogP contribution < -0.4 is 0 Å². The van der Waals surface area contributed by atoms with Crippen LogP contribution >= 0.6 is 0 Å². The molecular formula is C54H60. The predicted molar refractivity (Wildman–Crippen MR) is 239 cm³/mol. The van der Waals surface area contributed by atoms with E-state index in [1.807, 2.05) is 25.1 Å². The molecular weight excluding hydrogens is 649 g/mol. The third-order valence-corrected chi connectivity index (χ3v) is 10.7. The van der Waals surface area contributed by atoms with Gasteiger partial charge in [0.15, 0.2) is 0 Å². The molecule has 0 N–H and O–H groups in total. The van der Waals surface area contributed by atoms with E-state index in [-0.39, 0.29) is 0 Å². The molecule has 0 aromatic heterocycles. The van der Waals surface area contributed by atoms with E-state index in [2.05, 4.69) is 175 Å². The molecule has 5 aromatic rings. The molecule has 276 valence electrons. The van der Waals surface area contributed by atoms with Crippen molar-refractivity contribution in [2.45, 2.75) is 92.4 Å². The van der Waals surface area contributed by atoms with Gasteiger partial charge in [-0.15, -0.1) is 0 Å². The molecule has 0 unspecified atom stereocenters. The van der Waals surface area contributed by atoms with Gasteiger partial charge in [-0.25, -0.2) is 0 Å². The minimum absolute atomic E-state index is 0.681. The van der Waals surface area contributed by atoms with Crippen LogP contribution in [-0.2, 0) is 6.42 Å². The minimum atomic E-state index is 0.681. The van der Waals surface area contributed by atoms with Gasteiger partial charge >= 0.3 is 0 Å². The smallest absolute Gasteiger partial charge is 0.0148 e. The monoisotopic (exact) mass is 708 g/mol. The second kappa shape index (κ2) is 20.3. The molecule has 0 saturated heterocycles. The lowest BCUT2D eigenvalue weighted by atomic mass is 9.76. The van der Waals surface area contributed by atoms with Crippen molar-refractivity contribution in [3.05, 3.63) is 203 Å². The van der Waals surface area contributed by atoms with Gasteiger partial charge in [0, 0.05) is 0 Å². The van der Waals surface area contributed by atoms with Crippen molar-refractivity contribution in [1.29, 1.82) is 0 Å². The van der Waals surface area contributed by atoms with Gasteiger partial charge in [0.1, 0.15) is 0 Å². The van der Waals surface area contributed by atoms with Gasteiger partial charge in [0.25, 0.3) is 0 Å². The van der Waals surface area contributed by atoms with E-state index in [1.165, 1.54) is 104 Å². The highest BCUT2D eigenvalue weighted by Gasteiger charge is 2.23. The zero-order chi connectivity index (χ0) is 38.3. The molecule has 1 fully saturated rings. The lowest BCUT2D eigenvalue weighted by molar-refractivity contribution is 0.419. The van der Waals surface area contributed by atoms with E-state index >= 15 is 0 Å². The van der Waals surface area contributed by atoms with Crippen molar-refractivity contribution >= 4 is 11.1 Å². The van der Waals surface area contributed by atoms with E-state index in [4.69, 9.17) is 0 Å². The number of aryl methyl sites for hydroxylation is 4. The van der Waals surface area contributed by atoms with Gasteiger partial charge in [0.05, 0.1) is 0 Å². The van der Waals surface area contributed by atoms with Crippen molar-refractivity contribution < 1.29 is 0 Å². The van der Waals surface area contributed by atoms with Crippen molar-refractivity contribution in [3.63, 3.8) is 0 Å². The Hall–Kier alpha value is -5.20. The molecule has 7 rings (SSSR count). The number of allylic oxidation sites excluding steroid dienone is 9. The third kappa shape index (κ3) is 10.9. The van der Waals surface area contributed by atoms with Crippen LogP contribution in [0, 0.1) is 20.8 Å². The second-order valence-corrected chi connectivity index (χ2v) is 14.9. The highest BCUT2D eigenvalue weighted by molar-refractivity contribution is 5.85. The molecule has 5 aromatic carbocycles. The van der Waals surface area contributed by atoms with E-state index < -0.39 is 0 Å². The Morgan fingerprint density at radius 2 is 1.35 bits per heavy atom. The van der Waals surface area contributed by atoms with E-state index in [0.717, 1.165) is 18.4 Å². The lowest BCUT2D eigenvalue weighted by Gasteiger charge is -2.29. The van der Waals surface area contributed by atoms with Crippen LogP contribution in [0.25, 0.3) is 33.4 Å². The molecule has 54 heavy (non-hydrogen) atoms. The first-order valence-electron chi connectivity index (χ1n) is 20.1. The molecule has 0 heterocycles. The molecule has 1 saturated carbocycles. The number of benzene rings is 5.